The summed E-state index contributed by atoms with van der Waals surface area (Å²) in [6, 6.07) is 0.207. The van der Waals surface area contributed by atoms with E-state index < -0.39 is 0 Å². The maximum Gasteiger partial charge on any atom is 0.344 e. The third kappa shape index (κ3) is 3.84. The van der Waals surface area contributed by atoms with Crippen molar-refractivity contribution in [3.05, 3.63) is 10.5 Å². The summed E-state index contributed by atoms with van der Waals surface area (Å²) in [6.07, 6.45) is 6.63. The Hall–Kier alpha value is -1.32. The average Bonchev–Trinajstić information content (AvgIpc) is 3.30. The van der Waals surface area contributed by atoms with E-state index in [0.29, 0.717) is 30.6 Å². The van der Waals surface area contributed by atoms with Crippen molar-refractivity contribution >= 4 is 17.7 Å². The number of hydrogen-bond donors (Lipinski definition) is 1. The molecule has 1 aliphatic carbocycles. The minimum atomic E-state index is -0.242. The lowest BCUT2D eigenvalue weighted by molar-refractivity contribution is -0.146. The standard InChI is InChI=1S/C17H26N4O4S/c22-15(20-7-9-25-14-6-2-1-5-13(14)20)11-26-17-19-18-16(23)21(17)10-12-4-3-8-24-12/h12-14H,1-11H2,(H,18,23). The fourth-order valence-electron chi connectivity index (χ4n) is 4.18. The molecule has 0 aromatic carbocycles. The van der Waals surface area contributed by atoms with Crippen LogP contribution in [0.5, 0.6) is 0 Å². The fraction of sp³-hybridized carbons (Fsp3) is 0.824. The Balaban J connectivity index is 1.37. The van der Waals surface area contributed by atoms with E-state index in [0.717, 1.165) is 38.7 Å². The molecule has 3 aliphatic rings. The molecule has 3 heterocycles. The first-order valence-electron chi connectivity index (χ1n) is 9.53. The van der Waals surface area contributed by atoms with E-state index in [4.69, 9.17) is 9.47 Å². The second-order valence-corrected chi connectivity index (χ2v) is 8.14. The van der Waals surface area contributed by atoms with Gasteiger partial charge in [0.25, 0.3) is 0 Å². The Labute approximate surface area is 156 Å². The van der Waals surface area contributed by atoms with Crippen molar-refractivity contribution in [1.82, 2.24) is 19.7 Å². The number of fused-ring (bicyclic) bond motifs is 1. The van der Waals surface area contributed by atoms with E-state index in [2.05, 4.69) is 10.2 Å². The zero-order chi connectivity index (χ0) is 17.9. The van der Waals surface area contributed by atoms with Crippen molar-refractivity contribution in [2.75, 3.05) is 25.5 Å². The van der Waals surface area contributed by atoms with Crippen molar-refractivity contribution in [2.45, 2.75) is 68.5 Å². The molecule has 0 radical (unpaired) electrons. The molecular formula is C17H26N4O4S. The molecule has 3 fully saturated rings. The number of carbonyl (C=O) groups is 1. The highest BCUT2D eigenvalue weighted by molar-refractivity contribution is 7.99. The van der Waals surface area contributed by atoms with Gasteiger partial charge in [-0.05, 0) is 25.7 Å². The van der Waals surface area contributed by atoms with E-state index in [-0.39, 0.29) is 29.8 Å². The first kappa shape index (κ1) is 18.1. The minimum Gasteiger partial charge on any atom is -0.376 e. The molecule has 3 unspecified atom stereocenters. The van der Waals surface area contributed by atoms with Crippen LogP contribution in [0.3, 0.4) is 0 Å². The number of ether oxygens (including phenoxy) is 2. The van der Waals surface area contributed by atoms with Crippen molar-refractivity contribution < 1.29 is 14.3 Å². The van der Waals surface area contributed by atoms with Gasteiger partial charge in [-0.3, -0.25) is 9.36 Å². The number of hydrogen-bond acceptors (Lipinski definition) is 6. The van der Waals surface area contributed by atoms with Crippen molar-refractivity contribution in [3.63, 3.8) is 0 Å². The molecule has 9 heteroatoms. The largest absolute Gasteiger partial charge is 0.376 e. The molecule has 8 nitrogen and oxygen atoms in total. The zero-order valence-electron chi connectivity index (χ0n) is 14.9. The number of aromatic amines is 1. The highest BCUT2D eigenvalue weighted by Crippen LogP contribution is 2.29. The van der Waals surface area contributed by atoms with Gasteiger partial charge in [0.05, 0.1) is 37.2 Å². The van der Waals surface area contributed by atoms with Gasteiger partial charge in [-0.25, -0.2) is 9.89 Å². The minimum absolute atomic E-state index is 0.0580. The lowest BCUT2D eigenvalue weighted by Gasteiger charge is -2.43. The van der Waals surface area contributed by atoms with E-state index >= 15 is 0 Å². The summed E-state index contributed by atoms with van der Waals surface area (Å²) in [5.74, 6) is 0.397. The van der Waals surface area contributed by atoms with Crippen LogP contribution >= 0.6 is 11.8 Å². The molecule has 144 valence electrons. The van der Waals surface area contributed by atoms with Gasteiger partial charge in [0.2, 0.25) is 5.91 Å². The number of carbonyl (C=O) groups excluding carboxylic acids is 1. The van der Waals surface area contributed by atoms with Gasteiger partial charge >= 0.3 is 5.69 Å². The third-order valence-electron chi connectivity index (χ3n) is 5.51. The molecule has 1 amide bonds. The van der Waals surface area contributed by atoms with Crippen LogP contribution in [0, 0.1) is 0 Å². The number of nitrogens with one attached hydrogen (secondary N) is 1. The molecule has 4 rings (SSSR count). The normalized spacial score (nSPS) is 28.9. The second kappa shape index (κ2) is 8.14. The molecular weight excluding hydrogens is 356 g/mol. The Morgan fingerprint density at radius 1 is 1.19 bits per heavy atom. The molecule has 1 saturated carbocycles. The molecule has 1 aromatic heterocycles. The summed E-state index contributed by atoms with van der Waals surface area (Å²) in [6.45, 7) is 2.51. The molecule has 1 aromatic rings. The van der Waals surface area contributed by atoms with Crippen LogP contribution < -0.4 is 5.69 Å². The Morgan fingerprint density at radius 3 is 2.92 bits per heavy atom. The van der Waals surface area contributed by atoms with Crippen LogP contribution in [0.25, 0.3) is 0 Å². The van der Waals surface area contributed by atoms with Gasteiger partial charge < -0.3 is 14.4 Å². The molecule has 2 aliphatic heterocycles. The van der Waals surface area contributed by atoms with E-state index in [1.165, 1.54) is 18.2 Å². The number of aromatic nitrogens is 3. The third-order valence-corrected chi connectivity index (χ3v) is 6.47. The maximum atomic E-state index is 12.8. The Bertz CT molecular complexity index is 683. The highest BCUT2D eigenvalue weighted by atomic mass is 32.2. The quantitative estimate of drug-likeness (QED) is 0.765. The number of amides is 1. The SMILES string of the molecule is O=C(CSc1n[nH]c(=O)n1CC1CCCO1)N1CCOC2CCCCC21. The predicted octanol–water partition coefficient (Wildman–Crippen LogP) is 1.01. The zero-order valence-corrected chi connectivity index (χ0v) is 15.7. The predicted molar refractivity (Wildman–Crippen MR) is 96.3 cm³/mol. The first-order chi connectivity index (χ1) is 12.7. The van der Waals surface area contributed by atoms with Crippen molar-refractivity contribution in [1.29, 1.82) is 0 Å². The van der Waals surface area contributed by atoms with Crippen LogP contribution in [0.1, 0.15) is 38.5 Å². The Morgan fingerprint density at radius 2 is 2.08 bits per heavy atom. The van der Waals surface area contributed by atoms with E-state index in [9.17, 15) is 9.59 Å². The number of thioether (sulfide) groups is 1. The van der Waals surface area contributed by atoms with Crippen LogP contribution in [0.2, 0.25) is 0 Å². The van der Waals surface area contributed by atoms with Gasteiger partial charge in [0.1, 0.15) is 0 Å². The van der Waals surface area contributed by atoms with Crippen molar-refractivity contribution in [2.24, 2.45) is 0 Å². The van der Waals surface area contributed by atoms with E-state index in [1.54, 1.807) is 4.57 Å². The van der Waals surface area contributed by atoms with Crippen molar-refractivity contribution in [3.8, 4) is 0 Å². The molecule has 1 N–H and O–H groups in total. The van der Waals surface area contributed by atoms with Crippen LogP contribution in [-0.2, 0) is 20.8 Å². The summed E-state index contributed by atoms with van der Waals surface area (Å²) >= 11 is 1.33. The van der Waals surface area contributed by atoms with Gasteiger partial charge in [0, 0.05) is 13.2 Å². The smallest absolute Gasteiger partial charge is 0.344 e. The van der Waals surface area contributed by atoms with Crippen LogP contribution in [0.15, 0.2) is 9.95 Å². The van der Waals surface area contributed by atoms with E-state index in [1.807, 2.05) is 4.90 Å². The lowest BCUT2D eigenvalue weighted by Crippen LogP contribution is -2.55. The Kier molecular flexibility index (Phi) is 5.66. The monoisotopic (exact) mass is 382 g/mol. The fourth-order valence-corrected chi connectivity index (χ4v) is 5.02. The second-order valence-electron chi connectivity index (χ2n) is 7.19. The first-order valence-corrected chi connectivity index (χ1v) is 10.5. The average molecular weight is 382 g/mol. The molecule has 3 atom stereocenters. The topological polar surface area (TPSA) is 89.5 Å². The van der Waals surface area contributed by atoms with Gasteiger partial charge in [-0.1, -0.05) is 24.6 Å². The number of rotatable bonds is 5. The summed E-state index contributed by atoms with van der Waals surface area (Å²) in [7, 11) is 0. The maximum absolute atomic E-state index is 12.8. The summed E-state index contributed by atoms with van der Waals surface area (Å²) < 4.78 is 13.1. The van der Waals surface area contributed by atoms with Gasteiger partial charge in [0.15, 0.2) is 5.16 Å². The number of morpholine rings is 1. The molecule has 0 spiro atoms. The van der Waals surface area contributed by atoms with Gasteiger partial charge in [-0.15, -0.1) is 5.10 Å². The van der Waals surface area contributed by atoms with Crippen LogP contribution in [0.4, 0.5) is 0 Å². The summed E-state index contributed by atoms with van der Waals surface area (Å²) in [5.41, 5.74) is -0.242. The summed E-state index contributed by atoms with van der Waals surface area (Å²) in [5, 5.41) is 7.15. The molecule has 0 bridgehead atoms. The molecule has 26 heavy (non-hydrogen) atoms. The van der Waals surface area contributed by atoms with Crippen LogP contribution in [-0.4, -0.2) is 69.3 Å². The lowest BCUT2D eigenvalue weighted by atomic mass is 9.90. The molecule has 2 saturated heterocycles. The highest BCUT2D eigenvalue weighted by Gasteiger charge is 2.36. The summed E-state index contributed by atoms with van der Waals surface area (Å²) in [4.78, 5) is 26.8. The number of H-pyrrole nitrogens is 1. The van der Waals surface area contributed by atoms with Gasteiger partial charge in [-0.2, -0.15) is 0 Å². The number of nitrogens with zero attached hydrogens (tertiary/aromatic N) is 3.